The molecular formula is C12H19N3O3. The fraction of sp³-hybridized carbons (Fsp3) is 0.583. The maximum atomic E-state index is 11.7. The summed E-state index contributed by atoms with van der Waals surface area (Å²) in [4.78, 5) is 26.6. The lowest BCUT2D eigenvalue weighted by Gasteiger charge is -2.20. The smallest absolute Gasteiger partial charge is 0.326 e. The third kappa shape index (κ3) is 4.20. The second kappa shape index (κ2) is 6.78. The molecular weight excluding hydrogens is 234 g/mol. The van der Waals surface area contributed by atoms with Gasteiger partial charge in [-0.05, 0) is 5.92 Å². The van der Waals surface area contributed by atoms with Gasteiger partial charge in [0.1, 0.15) is 6.04 Å². The van der Waals surface area contributed by atoms with E-state index < -0.39 is 12.0 Å². The van der Waals surface area contributed by atoms with Gasteiger partial charge in [0.05, 0.1) is 6.33 Å². The van der Waals surface area contributed by atoms with Gasteiger partial charge in [0.2, 0.25) is 5.91 Å². The highest BCUT2D eigenvalue weighted by molar-refractivity contribution is 5.83. The SMILES string of the molecule is CCC(C)C(NC(=O)CCn1ccnc1)C(=O)O. The molecule has 2 unspecified atom stereocenters. The van der Waals surface area contributed by atoms with Gasteiger partial charge in [0.25, 0.3) is 0 Å². The molecule has 2 N–H and O–H groups in total. The van der Waals surface area contributed by atoms with E-state index in [1.54, 1.807) is 23.3 Å². The Balaban J connectivity index is 2.44. The number of carboxylic acid groups (broad SMARTS) is 1. The molecule has 0 radical (unpaired) electrons. The molecule has 6 nitrogen and oxygen atoms in total. The first kappa shape index (κ1) is 14.2. The second-order valence-corrected chi connectivity index (χ2v) is 4.32. The highest BCUT2D eigenvalue weighted by Crippen LogP contribution is 2.08. The van der Waals surface area contributed by atoms with Crippen molar-refractivity contribution in [1.82, 2.24) is 14.9 Å². The van der Waals surface area contributed by atoms with Crippen molar-refractivity contribution >= 4 is 11.9 Å². The Bertz CT molecular complexity index is 389. The summed E-state index contributed by atoms with van der Waals surface area (Å²) >= 11 is 0. The van der Waals surface area contributed by atoms with Gasteiger partial charge < -0.3 is 15.0 Å². The van der Waals surface area contributed by atoms with E-state index in [0.29, 0.717) is 13.0 Å². The number of carbonyl (C=O) groups is 2. The summed E-state index contributed by atoms with van der Waals surface area (Å²) in [6.45, 7) is 4.21. The first-order chi connectivity index (χ1) is 8.54. The molecule has 0 saturated carbocycles. The molecule has 1 heterocycles. The van der Waals surface area contributed by atoms with Crippen molar-refractivity contribution in [3.05, 3.63) is 18.7 Å². The Morgan fingerprint density at radius 2 is 2.22 bits per heavy atom. The molecule has 0 aliphatic rings. The van der Waals surface area contributed by atoms with Crippen LogP contribution in [0.5, 0.6) is 0 Å². The van der Waals surface area contributed by atoms with Crippen molar-refractivity contribution in [2.45, 2.75) is 39.3 Å². The number of aryl methyl sites for hydroxylation is 1. The quantitative estimate of drug-likeness (QED) is 0.755. The van der Waals surface area contributed by atoms with Crippen LogP contribution in [-0.2, 0) is 16.1 Å². The van der Waals surface area contributed by atoms with Crippen molar-refractivity contribution in [1.29, 1.82) is 0 Å². The monoisotopic (exact) mass is 253 g/mol. The Labute approximate surface area is 106 Å². The number of aromatic nitrogens is 2. The average molecular weight is 253 g/mol. The first-order valence-corrected chi connectivity index (χ1v) is 6.02. The van der Waals surface area contributed by atoms with Crippen LogP contribution in [0.15, 0.2) is 18.7 Å². The second-order valence-electron chi connectivity index (χ2n) is 4.32. The van der Waals surface area contributed by atoms with Gasteiger partial charge in [-0.25, -0.2) is 9.78 Å². The number of rotatable bonds is 7. The third-order valence-electron chi connectivity index (χ3n) is 2.95. The number of nitrogens with one attached hydrogen (secondary N) is 1. The number of aliphatic carboxylic acids is 1. The minimum atomic E-state index is -0.986. The van der Waals surface area contributed by atoms with Crippen molar-refractivity contribution in [2.75, 3.05) is 0 Å². The Morgan fingerprint density at radius 1 is 1.50 bits per heavy atom. The van der Waals surface area contributed by atoms with Gasteiger partial charge in [0, 0.05) is 25.4 Å². The van der Waals surface area contributed by atoms with Gasteiger partial charge in [-0.2, -0.15) is 0 Å². The lowest BCUT2D eigenvalue weighted by molar-refractivity contribution is -0.143. The van der Waals surface area contributed by atoms with Crippen molar-refractivity contribution in [2.24, 2.45) is 5.92 Å². The number of hydrogen-bond donors (Lipinski definition) is 2. The van der Waals surface area contributed by atoms with Crippen LogP contribution in [0, 0.1) is 5.92 Å². The topological polar surface area (TPSA) is 84.2 Å². The number of carboxylic acids is 1. The largest absolute Gasteiger partial charge is 0.480 e. The number of hydrogen-bond acceptors (Lipinski definition) is 3. The molecule has 1 aromatic rings. The van der Waals surface area contributed by atoms with Crippen LogP contribution in [0.3, 0.4) is 0 Å². The number of amides is 1. The Kier molecular flexibility index (Phi) is 5.35. The molecule has 0 bridgehead atoms. The normalized spacial score (nSPS) is 13.9. The van der Waals surface area contributed by atoms with Gasteiger partial charge in [-0.3, -0.25) is 4.79 Å². The van der Waals surface area contributed by atoms with E-state index >= 15 is 0 Å². The van der Waals surface area contributed by atoms with Crippen LogP contribution in [0.2, 0.25) is 0 Å². The van der Waals surface area contributed by atoms with Gasteiger partial charge in [-0.15, -0.1) is 0 Å². The maximum Gasteiger partial charge on any atom is 0.326 e. The van der Waals surface area contributed by atoms with Gasteiger partial charge in [-0.1, -0.05) is 20.3 Å². The van der Waals surface area contributed by atoms with Gasteiger partial charge in [0.15, 0.2) is 0 Å². The van der Waals surface area contributed by atoms with E-state index in [-0.39, 0.29) is 18.2 Å². The first-order valence-electron chi connectivity index (χ1n) is 6.02. The molecule has 0 aromatic carbocycles. The van der Waals surface area contributed by atoms with Crippen LogP contribution in [-0.4, -0.2) is 32.6 Å². The van der Waals surface area contributed by atoms with Crippen molar-refractivity contribution in [3.8, 4) is 0 Å². The van der Waals surface area contributed by atoms with E-state index in [9.17, 15) is 9.59 Å². The highest BCUT2D eigenvalue weighted by atomic mass is 16.4. The zero-order valence-corrected chi connectivity index (χ0v) is 10.7. The number of carbonyl (C=O) groups excluding carboxylic acids is 1. The van der Waals surface area contributed by atoms with E-state index in [1.165, 1.54) is 0 Å². The van der Waals surface area contributed by atoms with E-state index in [0.717, 1.165) is 0 Å². The Hall–Kier alpha value is -1.85. The molecule has 6 heteroatoms. The van der Waals surface area contributed by atoms with Crippen molar-refractivity contribution < 1.29 is 14.7 Å². The van der Waals surface area contributed by atoms with Crippen LogP contribution in [0.1, 0.15) is 26.7 Å². The molecule has 1 rings (SSSR count). The van der Waals surface area contributed by atoms with Gasteiger partial charge >= 0.3 is 5.97 Å². The molecule has 0 aliphatic heterocycles. The van der Waals surface area contributed by atoms with Crippen molar-refractivity contribution in [3.63, 3.8) is 0 Å². The predicted octanol–water partition coefficient (Wildman–Crippen LogP) is 0.889. The van der Waals surface area contributed by atoms with Crippen LogP contribution in [0.4, 0.5) is 0 Å². The fourth-order valence-corrected chi connectivity index (χ4v) is 1.58. The van der Waals surface area contributed by atoms with E-state index in [4.69, 9.17) is 5.11 Å². The molecule has 0 fully saturated rings. The summed E-state index contributed by atoms with van der Waals surface area (Å²) in [6, 6.07) is -0.815. The standard InChI is InChI=1S/C12H19N3O3/c1-3-9(2)11(12(17)18)14-10(16)4-6-15-7-5-13-8-15/h5,7-9,11H,3-4,6H2,1-2H3,(H,14,16)(H,17,18). The lowest BCUT2D eigenvalue weighted by atomic mass is 9.99. The summed E-state index contributed by atoms with van der Waals surface area (Å²) in [5.74, 6) is -1.32. The summed E-state index contributed by atoms with van der Waals surface area (Å²) in [7, 11) is 0. The summed E-state index contributed by atoms with van der Waals surface area (Å²) in [5, 5.41) is 11.6. The molecule has 1 amide bonds. The number of nitrogens with zero attached hydrogens (tertiary/aromatic N) is 2. The molecule has 0 aliphatic carbocycles. The zero-order valence-electron chi connectivity index (χ0n) is 10.7. The average Bonchev–Trinajstić information content (AvgIpc) is 2.85. The van der Waals surface area contributed by atoms with Crippen LogP contribution < -0.4 is 5.32 Å². The Morgan fingerprint density at radius 3 is 2.72 bits per heavy atom. The van der Waals surface area contributed by atoms with E-state index in [1.807, 2.05) is 13.8 Å². The number of imidazole rings is 1. The molecule has 0 saturated heterocycles. The molecule has 2 atom stereocenters. The molecule has 0 spiro atoms. The predicted molar refractivity (Wildman–Crippen MR) is 65.9 cm³/mol. The summed E-state index contributed by atoms with van der Waals surface area (Å²) in [6.07, 6.45) is 5.97. The maximum absolute atomic E-state index is 11.7. The van der Waals surface area contributed by atoms with Crippen LogP contribution >= 0.6 is 0 Å². The molecule has 100 valence electrons. The fourth-order valence-electron chi connectivity index (χ4n) is 1.58. The minimum Gasteiger partial charge on any atom is -0.480 e. The summed E-state index contributed by atoms with van der Waals surface area (Å²) < 4.78 is 1.78. The summed E-state index contributed by atoms with van der Waals surface area (Å²) in [5.41, 5.74) is 0. The molecule has 1 aromatic heterocycles. The third-order valence-corrected chi connectivity index (χ3v) is 2.95. The highest BCUT2D eigenvalue weighted by Gasteiger charge is 2.24. The lowest BCUT2D eigenvalue weighted by Crippen LogP contribution is -2.45. The molecule has 18 heavy (non-hydrogen) atoms. The van der Waals surface area contributed by atoms with Crippen LogP contribution in [0.25, 0.3) is 0 Å². The minimum absolute atomic E-state index is 0.0836. The van der Waals surface area contributed by atoms with E-state index in [2.05, 4.69) is 10.3 Å². The zero-order chi connectivity index (χ0) is 13.5.